The predicted octanol–water partition coefficient (Wildman–Crippen LogP) is 4.46. The highest BCUT2D eigenvalue weighted by molar-refractivity contribution is 7.73. The van der Waals surface area contributed by atoms with Gasteiger partial charge in [-0.05, 0) is 29.8 Å². The molecule has 0 aliphatic heterocycles. The van der Waals surface area contributed by atoms with Gasteiger partial charge >= 0.3 is 0 Å². The first-order chi connectivity index (χ1) is 12.0. The molecule has 0 spiro atoms. The van der Waals surface area contributed by atoms with Crippen LogP contribution in [-0.4, -0.2) is 9.49 Å². The van der Waals surface area contributed by atoms with Crippen LogP contribution in [0.4, 0.5) is 5.69 Å². The minimum Gasteiger partial charge on any atom is -0.291 e. The monoisotopic (exact) mass is 370 g/mol. The van der Waals surface area contributed by atoms with Crippen molar-refractivity contribution in [2.24, 2.45) is 0 Å². The van der Waals surface area contributed by atoms with E-state index in [0.29, 0.717) is 27.4 Å². The number of benzene rings is 2. The molecule has 0 atom stereocenters. The largest absolute Gasteiger partial charge is 0.291 e. The van der Waals surface area contributed by atoms with Crippen molar-refractivity contribution in [1.29, 1.82) is 0 Å². The van der Waals surface area contributed by atoms with Crippen LogP contribution < -0.4 is 5.56 Å². The van der Waals surface area contributed by atoms with E-state index in [-0.39, 0.29) is 11.2 Å². The highest BCUT2D eigenvalue weighted by Gasteiger charge is 2.10. The number of aryl methyl sites for hydroxylation is 1. The van der Waals surface area contributed by atoms with Crippen molar-refractivity contribution in [3.8, 4) is 10.4 Å². The minimum atomic E-state index is -0.455. The predicted molar refractivity (Wildman–Crippen MR) is 102 cm³/mol. The summed E-state index contributed by atoms with van der Waals surface area (Å²) in [6.45, 7) is 0.507. The zero-order valence-corrected chi connectivity index (χ0v) is 14.8. The molecule has 0 amide bonds. The van der Waals surface area contributed by atoms with E-state index in [1.54, 1.807) is 16.7 Å². The van der Waals surface area contributed by atoms with Crippen LogP contribution in [0.1, 0.15) is 5.56 Å². The quantitative estimate of drug-likeness (QED) is 0.378. The van der Waals surface area contributed by atoms with Gasteiger partial charge in [0, 0.05) is 29.6 Å². The Morgan fingerprint density at radius 2 is 1.84 bits per heavy atom. The molecule has 0 aliphatic carbocycles. The molecule has 0 saturated carbocycles. The Morgan fingerprint density at radius 3 is 2.52 bits per heavy atom. The van der Waals surface area contributed by atoms with Crippen LogP contribution in [0, 0.1) is 14.1 Å². The standard InChI is InChI=1S/C18H14N2O3S2/c21-17-12-16(14-7-4-8-15(11-14)20(22)23)25-18(24)19(17)10-9-13-5-2-1-3-6-13/h1-8,11-12H,9-10H2. The highest BCUT2D eigenvalue weighted by Crippen LogP contribution is 2.26. The molecule has 126 valence electrons. The number of nitrogens with zero attached hydrogens (tertiary/aromatic N) is 2. The van der Waals surface area contributed by atoms with Crippen LogP contribution in [-0.2, 0) is 13.0 Å². The van der Waals surface area contributed by atoms with Gasteiger partial charge in [0.25, 0.3) is 11.2 Å². The summed E-state index contributed by atoms with van der Waals surface area (Å²) < 4.78 is 2.03. The van der Waals surface area contributed by atoms with Crippen LogP contribution in [0.5, 0.6) is 0 Å². The van der Waals surface area contributed by atoms with E-state index in [4.69, 9.17) is 12.2 Å². The van der Waals surface area contributed by atoms with Gasteiger partial charge in [-0.1, -0.05) is 42.5 Å². The zero-order chi connectivity index (χ0) is 17.8. The molecule has 0 N–H and O–H groups in total. The number of hydrogen-bond acceptors (Lipinski definition) is 5. The van der Waals surface area contributed by atoms with Crippen LogP contribution >= 0.6 is 23.6 Å². The van der Waals surface area contributed by atoms with Crippen molar-refractivity contribution < 1.29 is 4.92 Å². The third kappa shape index (κ3) is 4.07. The zero-order valence-electron chi connectivity index (χ0n) is 13.1. The maximum atomic E-state index is 12.4. The number of nitro benzene ring substituents is 1. The van der Waals surface area contributed by atoms with E-state index in [2.05, 4.69) is 0 Å². The maximum absolute atomic E-state index is 12.4. The van der Waals surface area contributed by atoms with Crippen LogP contribution in [0.15, 0.2) is 65.5 Å². The number of aromatic nitrogens is 1. The Bertz CT molecular complexity index is 995. The fraction of sp³-hybridized carbons (Fsp3) is 0.111. The minimum absolute atomic E-state index is 0.0103. The Morgan fingerprint density at radius 1 is 1.08 bits per heavy atom. The van der Waals surface area contributed by atoms with E-state index in [1.807, 2.05) is 30.3 Å². The lowest BCUT2D eigenvalue weighted by Gasteiger charge is -2.07. The Labute approximate surface area is 153 Å². The lowest BCUT2D eigenvalue weighted by molar-refractivity contribution is -0.384. The third-order valence-corrected chi connectivity index (χ3v) is 5.19. The summed E-state index contributed by atoms with van der Waals surface area (Å²) in [5.41, 5.74) is 1.55. The number of hydrogen-bond donors (Lipinski definition) is 0. The van der Waals surface area contributed by atoms with Gasteiger partial charge in [-0.2, -0.15) is 0 Å². The van der Waals surface area contributed by atoms with Crippen LogP contribution in [0.25, 0.3) is 10.4 Å². The van der Waals surface area contributed by atoms with Crippen molar-refractivity contribution in [3.63, 3.8) is 0 Å². The molecule has 1 aromatic heterocycles. The number of rotatable bonds is 5. The van der Waals surface area contributed by atoms with Crippen molar-refractivity contribution in [3.05, 3.63) is 90.6 Å². The summed E-state index contributed by atoms with van der Waals surface area (Å²) in [6, 6.07) is 17.6. The topological polar surface area (TPSA) is 65.1 Å². The molecule has 0 radical (unpaired) electrons. The van der Waals surface area contributed by atoms with Gasteiger partial charge in [-0.3, -0.25) is 19.5 Å². The van der Waals surface area contributed by atoms with Crippen molar-refractivity contribution in [2.45, 2.75) is 13.0 Å². The molecule has 0 fully saturated rings. The lowest BCUT2D eigenvalue weighted by atomic mass is 10.1. The molecule has 25 heavy (non-hydrogen) atoms. The second kappa shape index (κ2) is 7.50. The molecular formula is C18H14N2O3S2. The van der Waals surface area contributed by atoms with Gasteiger partial charge in [-0.25, -0.2) is 0 Å². The van der Waals surface area contributed by atoms with Gasteiger partial charge in [-0.15, -0.1) is 11.3 Å². The summed E-state index contributed by atoms with van der Waals surface area (Å²) >= 11 is 6.66. The maximum Gasteiger partial charge on any atom is 0.270 e. The number of nitro groups is 1. The van der Waals surface area contributed by atoms with E-state index in [1.165, 1.54) is 29.5 Å². The van der Waals surface area contributed by atoms with Crippen molar-refractivity contribution in [1.82, 2.24) is 4.57 Å². The summed E-state index contributed by atoms with van der Waals surface area (Å²) in [5, 5.41) is 10.9. The summed E-state index contributed by atoms with van der Waals surface area (Å²) in [6.07, 6.45) is 0.716. The SMILES string of the molecule is O=c1cc(-c2cccc([N+](=O)[O-])c2)sc(=S)n1CCc1ccccc1. The molecule has 0 bridgehead atoms. The lowest BCUT2D eigenvalue weighted by Crippen LogP contribution is -2.20. The van der Waals surface area contributed by atoms with E-state index in [0.717, 1.165) is 5.56 Å². The van der Waals surface area contributed by atoms with E-state index < -0.39 is 4.92 Å². The molecule has 1 heterocycles. The van der Waals surface area contributed by atoms with Gasteiger partial charge in [0.15, 0.2) is 3.95 Å². The van der Waals surface area contributed by atoms with Crippen molar-refractivity contribution in [2.75, 3.05) is 0 Å². The summed E-state index contributed by atoms with van der Waals surface area (Å²) in [4.78, 5) is 23.5. The molecule has 3 rings (SSSR count). The average Bonchev–Trinajstić information content (AvgIpc) is 2.62. The second-order valence-corrected chi connectivity index (χ2v) is 7.09. The smallest absolute Gasteiger partial charge is 0.270 e. The number of non-ortho nitro benzene ring substituents is 1. The molecule has 5 nitrogen and oxygen atoms in total. The second-order valence-electron chi connectivity index (χ2n) is 5.41. The Kier molecular flexibility index (Phi) is 5.16. The van der Waals surface area contributed by atoms with Crippen molar-refractivity contribution >= 4 is 29.2 Å². The van der Waals surface area contributed by atoms with E-state index in [9.17, 15) is 14.9 Å². The summed E-state index contributed by atoms with van der Waals surface area (Å²) in [7, 11) is 0. The van der Waals surface area contributed by atoms with Gasteiger partial charge in [0.2, 0.25) is 0 Å². The first kappa shape index (κ1) is 17.2. The average molecular weight is 370 g/mol. The molecule has 0 aliphatic rings. The summed E-state index contributed by atoms with van der Waals surface area (Å²) in [5.74, 6) is 0. The Balaban J connectivity index is 1.90. The van der Waals surface area contributed by atoms with E-state index >= 15 is 0 Å². The molecular weight excluding hydrogens is 356 g/mol. The van der Waals surface area contributed by atoms with Gasteiger partial charge < -0.3 is 0 Å². The first-order valence-electron chi connectivity index (χ1n) is 7.58. The molecule has 3 aromatic rings. The van der Waals surface area contributed by atoms with Crippen LogP contribution in [0.3, 0.4) is 0 Å². The van der Waals surface area contributed by atoms with Gasteiger partial charge in [0.1, 0.15) is 0 Å². The fourth-order valence-corrected chi connectivity index (χ4v) is 3.80. The Hall–Kier alpha value is -2.64. The molecule has 7 heteroatoms. The fourth-order valence-electron chi connectivity index (χ4n) is 2.46. The van der Waals surface area contributed by atoms with Gasteiger partial charge in [0.05, 0.1) is 4.92 Å². The molecule has 0 saturated heterocycles. The normalized spacial score (nSPS) is 10.6. The van der Waals surface area contributed by atoms with Crippen LogP contribution in [0.2, 0.25) is 0 Å². The first-order valence-corrected chi connectivity index (χ1v) is 8.81. The molecule has 2 aromatic carbocycles. The molecule has 0 unspecified atom stereocenters. The highest BCUT2D eigenvalue weighted by atomic mass is 32.1. The third-order valence-electron chi connectivity index (χ3n) is 3.75.